The molecule has 0 bridgehead atoms. The SMILES string of the molecule is Cc1ccc(CN(C)C)cc1NC(=O)C1CSCN1. The van der Waals surface area contributed by atoms with E-state index in [1.54, 1.807) is 11.8 Å². The fourth-order valence-corrected chi connectivity index (χ4v) is 2.99. The minimum absolute atomic E-state index is 0.0649. The van der Waals surface area contributed by atoms with Gasteiger partial charge in [0, 0.05) is 23.9 Å². The summed E-state index contributed by atoms with van der Waals surface area (Å²) in [6.07, 6.45) is 0. The average molecular weight is 279 g/mol. The number of aryl methyl sites for hydroxylation is 1. The highest BCUT2D eigenvalue weighted by Crippen LogP contribution is 2.19. The highest BCUT2D eigenvalue weighted by molar-refractivity contribution is 7.99. The Morgan fingerprint density at radius 2 is 2.32 bits per heavy atom. The van der Waals surface area contributed by atoms with Crippen molar-refractivity contribution < 1.29 is 4.79 Å². The van der Waals surface area contributed by atoms with Crippen LogP contribution in [0.3, 0.4) is 0 Å². The van der Waals surface area contributed by atoms with E-state index in [4.69, 9.17) is 0 Å². The van der Waals surface area contributed by atoms with E-state index in [0.717, 1.165) is 29.4 Å². The van der Waals surface area contributed by atoms with Crippen molar-refractivity contribution in [2.75, 3.05) is 31.0 Å². The number of benzene rings is 1. The van der Waals surface area contributed by atoms with Gasteiger partial charge < -0.3 is 10.2 Å². The van der Waals surface area contributed by atoms with Crippen molar-refractivity contribution in [2.45, 2.75) is 19.5 Å². The number of thioether (sulfide) groups is 1. The van der Waals surface area contributed by atoms with Crippen LogP contribution in [0.1, 0.15) is 11.1 Å². The first-order valence-electron chi connectivity index (χ1n) is 6.42. The molecule has 19 heavy (non-hydrogen) atoms. The van der Waals surface area contributed by atoms with Crippen LogP contribution < -0.4 is 10.6 Å². The van der Waals surface area contributed by atoms with Gasteiger partial charge in [-0.05, 0) is 38.2 Å². The standard InChI is InChI=1S/C14H21N3OS/c1-10-4-5-11(7-17(2)3)6-12(10)16-14(18)13-8-19-9-15-13/h4-6,13,15H,7-9H2,1-3H3,(H,16,18). The van der Waals surface area contributed by atoms with Gasteiger partial charge in [0.15, 0.2) is 0 Å². The Balaban J connectivity index is 2.07. The summed E-state index contributed by atoms with van der Waals surface area (Å²) in [5.41, 5.74) is 3.23. The van der Waals surface area contributed by atoms with Crippen molar-refractivity contribution >= 4 is 23.4 Å². The normalized spacial score (nSPS) is 18.8. The van der Waals surface area contributed by atoms with Crippen molar-refractivity contribution in [1.29, 1.82) is 0 Å². The number of nitrogens with zero attached hydrogens (tertiary/aromatic N) is 1. The van der Waals surface area contributed by atoms with Gasteiger partial charge >= 0.3 is 0 Å². The third-order valence-electron chi connectivity index (χ3n) is 3.09. The van der Waals surface area contributed by atoms with Crippen molar-refractivity contribution in [3.63, 3.8) is 0 Å². The van der Waals surface area contributed by atoms with E-state index in [2.05, 4.69) is 33.7 Å². The maximum Gasteiger partial charge on any atom is 0.242 e. The third kappa shape index (κ3) is 3.96. The Hall–Kier alpha value is -1.04. The van der Waals surface area contributed by atoms with E-state index < -0.39 is 0 Å². The molecule has 1 aliphatic rings. The zero-order chi connectivity index (χ0) is 13.8. The number of anilines is 1. The molecule has 0 aliphatic carbocycles. The van der Waals surface area contributed by atoms with E-state index in [9.17, 15) is 4.79 Å². The molecule has 1 heterocycles. The Morgan fingerprint density at radius 1 is 1.53 bits per heavy atom. The molecule has 2 rings (SSSR count). The summed E-state index contributed by atoms with van der Waals surface area (Å²) >= 11 is 1.76. The highest BCUT2D eigenvalue weighted by Gasteiger charge is 2.22. The van der Waals surface area contributed by atoms with E-state index >= 15 is 0 Å². The van der Waals surface area contributed by atoms with Gasteiger partial charge in [0.25, 0.3) is 0 Å². The van der Waals surface area contributed by atoms with E-state index in [1.165, 1.54) is 5.56 Å². The summed E-state index contributed by atoms with van der Waals surface area (Å²) in [5, 5.41) is 6.22. The van der Waals surface area contributed by atoms with Gasteiger partial charge in [-0.25, -0.2) is 0 Å². The molecule has 1 aromatic carbocycles. The van der Waals surface area contributed by atoms with Gasteiger partial charge in [-0.15, -0.1) is 11.8 Å². The fraction of sp³-hybridized carbons (Fsp3) is 0.500. The molecule has 1 aliphatic heterocycles. The van der Waals surface area contributed by atoms with Gasteiger partial charge in [0.2, 0.25) is 5.91 Å². The van der Waals surface area contributed by atoms with Crippen molar-refractivity contribution in [1.82, 2.24) is 10.2 Å². The van der Waals surface area contributed by atoms with Gasteiger partial charge in [0.1, 0.15) is 0 Å². The van der Waals surface area contributed by atoms with Gasteiger partial charge in [-0.3, -0.25) is 10.1 Å². The molecule has 104 valence electrons. The first kappa shape index (κ1) is 14.4. The van der Waals surface area contributed by atoms with Crippen molar-refractivity contribution in [3.8, 4) is 0 Å². The summed E-state index contributed by atoms with van der Waals surface area (Å²) in [5.74, 6) is 1.77. The van der Waals surface area contributed by atoms with Crippen LogP contribution in [-0.4, -0.2) is 42.6 Å². The molecular weight excluding hydrogens is 258 g/mol. The van der Waals surface area contributed by atoms with Crippen LogP contribution in [0.25, 0.3) is 0 Å². The van der Waals surface area contributed by atoms with Crippen LogP contribution in [0, 0.1) is 6.92 Å². The Bertz CT molecular complexity index is 456. The van der Waals surface area contributed by atoms with Crippen molar-refractivity contribution in [3.05, 3.63) is 29.3 Å². The molecule has 1 saturated heterocycles. The first-order chi connectivity index (χ1) is 9.06. The minimum atomic E-state index is -0.0677. The monoisotopic (exact) mass is 279 g/mol. The largest absolute Gasteiger partial charge is 0.324 e. The average Bonchev–Trinajstić information content (AvgIpc) is 2.86. The molecule has 4 nitrogen and oxygen atoms in total. The zero-order valence-corrected chi connectivity index (χ0v) is 12.5. The molecule has 2 N–H and O–H groups in total. The van der Waals surface area contributed by atoms with Gasteiger partial charge in [-0.1, -0.05) is 12.1 Å². The molecule has 0 radical (unpaired) electrons. The quantitative estimate of drug-likeness (QED) is 0.880. The Kier molecular flexibility index (Phi) is 4.85. The lowest BCUT2D eigenvalue weighted by Gasteiger charge is -2.15. The van der Waals surface area contributed by atoms with Gasteiger partial charge in [-0.2, -0.15) is 0 Å². The topological polar surface area (TPSA) is 44.4 Å². The predicted octanol–water partition coefficient (Wildman–Crippen LogP) is 1.66. The summed E-state index contributed by atoms with van der Waals surface area (Å²) < 4.78 is 0. The van der Waals surface area contributed by atoms with E-state index in [-0.39, 0.29) is 11.9 Å². The number of carbonyl (C=O) groups is 1. The van der Waals surface area contributed by atoms with Crippen LogP contribution >= 0.6 is 11.8 Å². The maximum absolute atomic E-state index is 12.1. The summed E-state index contributed by atoms with van der Waals surface area (Å²) in [6.45, 7) is 2.90. The third-order valence-corrected chi connectivity index (χ3v) is 4.03. The summed E-state index contributed by atoms with van der Waals surface area (Å²) in [6, 6.07) is 6.16. The van der Waals surface area contributed by atoms with Crippen LogP contribution in [0.4, 0.5) is 5.69 Å². The lowest BCUT2D eigenvalue weighted by Crippen LogP contribution is -2.37. The molecule has 0 spiro atoms. The molecule has 1 fully saturated rings. The molecule has 0 aromatic heterocycles. The number of rotatable bonds is 4. The molecule has 1 amide bonds. The molecule has 1 unspecified atom stereocenters. The maximum atomic E-state index is 12.1. The molecule has 1 aromatic rings. The van der Waals surface area contributed by atoms with Crippen LogP contribution in [-0.2, 0) is 11.3 Å². The molecule has 1 atom stereocenters. The molecule has 5 heteroatoms. The Morgan fingerprint density at radius 3 is 2.95 bits per heavy atom. The highest BCUT2D eigenvalue weighted by atomic mass is 32.2. The lowest BCUT2D eigenvalue weighted by molar-refractivity contribution is -0.117. The second-order valence-corrected chi connectivity index (χ2v) is 6.18. The van der Waals surface area contributed by atoms with Crippen LogP contribution in [0.2, 0.25) is 0 Å². The zero-order valence-electron chi connectivity index (χ0n) is 11.7. The minimum Gasteiger partial charge on any atom is -0.324 e. The fourth-order valence-electron chi connectivity index (χ4n) is 2.05. The number of hydrogen-bond donors (Lipinski definition) is 2. The van der Waals surface area contributed by atoms with E-state index in [0.29, 0.717) is 0 Å². The van der Waals surface area contributed by atoms with Crippen LogP contribution in [0.5, 0.6) is 0 Å². The first-order valence-corrected chi connectivity index (χ1v) is 7.58. The lowest BCUT2D eigenvalue weighted by atomic mass is 10.1. The summed E-state index contributed by atoms with van der Waals surface area (Å²) in [4.78, 5) is 14.2. The predicted molar refractivity (Wildman–Crippen MR) is 81.4 cm³/mol. The molecule has 0 saturated carbocycles. The number of hydrogen-bond acceptors (Lipinski definition) is 4. The molecular formula is C14H21N3OS. The van der Waals surface area contributed by atoms with E-state index in [1.807, 2.05) is 21.0 Å². The van der Waals surface area contributed by atoms with Crippen LogP contribution in [0.15, 0.2) is 18.2 Å². The number of nitrogens with one attached hydrogen (secondary N) is 2. The second kappa shape index (κ2) is 6.41. The van der Waals surface area contributed by atoms with Gasteiger partial charge in [0.05, 0.1) is 6.04 Å². The summed E-state index contributed by atoms with van der Waals surface area (Å²) in [7, 11) is 4.08. The van der Waals surface area contributed by atoms with Crippen molar-refractivity contribution in [2.24, 2.45) is 0 Å². The second-order valence-electron chi connectivity index (χ2n) is 5.15. The number of carbonyl (C=O) groups excluding carboxylic acids is 1. The smallest absolute Gasteiger partial charge is 0.242 e. The Labute approximate surface area is 118 Å². The number of amides is 1.